The van der Waals surface area contributed by atoms with Gasteiger partial charge >= 0.3 is 0 Å². The van der Waals surface area contributed by atoms with Crippen LogP contribution >= 0.6 is 0 Å². The Hall–Kier alpha value is -1.75. The van der Waals surface area contributed by atoms with Gasteiger partial charge in [-0.1, -0.05) is 6.42 Å². The lowest BCUT2D eigenvalue weighted by molar-refractivity contribution is 0.112. The van der Waals surface area contributed by atoms with Crippen LogP contribution in [-0.4, -0.2) is 45.4 Å². The summed E-state index contributed by atoms with van der Waals surface area (Å²) in [7, 11) is 0. The summed E-state index contributed by atoms with van der Waals surface area (Å²) in [6, 6.07) is 3.52. The predicted octanol–water partition coefficient (Wildman–Crippen LogP) is 1.57. The molecule has 0 spiro atoms. The Morgan fingerprint density at radius 3 is 2.89 bits per heavy atom. The molecule has 2 aromatic heterocycles. The van der Waals surface area contributed by atoms with Gasteiger partial charge in [0.15, 0.2) is 11.5 Å². The van der Waals surface area contributed by atoms with Crippen molar-refractivity contribution in [3.05, 3.63) is 29.7 Å². The van der Waals surface area contributed by atoms with Crippen LogP contribution in [0.4, 0.5) is 0 Å². The number of likely N-dealkylation sites (tertiary alicyclic amines) is 1. The molecule has 100 valence electrons. The number of rotatable bonds is 4. The average Bonchev–Trinajstić information content (AvgIpc) is 2.88. The second-order valence-corrected chi connectivity index (χ2v) is 5.06. The number of piperidine rings is 1. The fraction of sp³-hybridized carbons (Fsp3) is 0.500. The lowest BCUT2D eigenvalue weighted by atomic mass is 10.1. The molecule has 3 heterocycles. The number of hydrogen-bond donors (Lipinski definition) is 0. The van der Waals surface area contributed by atoms with E-state index in [0.717, 1.165) is 30.7 Å². The van der Waals surface area contributed by atoms with Crippen LogP contribution < -0.4 is 0 Å². The van der Waals surface area contributed by atoms with E-state index in [1.54, 1.807) is 22.8 Å². The zero-order valence-electron chi connectivity index (χ0n) is 11.0. The fourth-order valence-electron chi connectivity index (χ4n) is 2.56. The number of hydrogen-bond acceptors (Lipinski definition) is 4. The van der Waals surface area contributed by atoms with E-state index in [1.807, 2.05) is 0 Å². The highest BCUT2D eigenvalue weighted by Gasteiger charge is 2.11. The smallest absolute Gasteiger partial charge is 0.156 e. The molecule has 3 rings (SSSR count). The van der Waals surface area contributed by atoms with Crippen LogP contribution in [0, 0.1) is 0 Å². The Morgan fingerprint density at radius 2 is 2.11 bits per heavy atom. The number of fused-ring (bicyclic) bond motifs is 1. The standard InChI is InChI=1S/C14H18N4O/c19-11-12-4-9-18-14(10-12)15-13(16-18)5-8-17-6-2-1-3-7-17/h4,9-11H,1-3,5-8H2. The molecule has 0 atom stereocenters. The van der Waals surface area contributed by atoms with Crippen molar-refractivity contribution >= 4 is 11.9 Å². The van der Waals surface area contributed by atoms with E-state index in [2.05, 4.69) is 15.0 Å². The van der Waals surface area contributed by atoms with Crippen molar-refractivity contribution in [2.24, 2.45) is 0 Å². The Bertz CT molecular complexity index is 572. The maximum absolute atomic E-state index is 10.7. The number of carbonyl (C=O) groups excluding carboxylic acids is 1. The molecule has 1 saturated heterocycles. The van der Waals surface area contributed by atoms with Crippen molar-refractivity contribution in [2.45, 2.75) is 25.7 Å². The van der Waals surface area contributed by atoms with Crippen LogP contribution in [-0.2, 0) is 6.42 Å². The Labute approximate surface area is 112 Å². The van der Waals surface area contributed by atoms with Gasteiger partial charge in [-0.3, -0.25) is 4.79 Å². The Kier molecular flexibility index (Phi) is 3.55. The molecule has 0 aliphatic carbocycles. The monoisotopic (exact) mass is 258 g/mol. The summed E-state index contributed by atoms with van der Waals surface area (Å²) in [5.74, 6) is 0.855. The molecule has 1 aliphatic heterocycles. The van der Waals surface area contributed by atoms with Gasteiger partial charge < -0.3 is 4.90 Å². The quantitative estimate of drug-likeness (QED) is 0.781. The highest BCUT2D eigenvalue weighted by molar-refractivity contribution is 5.76. The van der Waals surface area contributed by atoms with Crippen molar-refractivity contribution in [1.82, 2.24) is 19.5 Å². The molecule has 0 saturated carbocycles. The highest BCUT2D eigenvalue weighted by Crippen LogP contribution is 2.10. The molecule has 0 bridgehead atoms. The number of aromatic nitrogens is 3. The van der Waals surface area contributed by atoms with Gasteiger partial charge in [-0.2, -0.15) is 5.10 Å². The number of aldehydes is 1. The van der Waals surface area contributed by atoms with E-state index >= 15 is 0 Å². The molecule has 0 radical (unpaired) electrons. The van der Waals surface area contributed by atoms with E-state index < -0.39 is 0 Å². The average molecular weight is 258 g/mol. The first kappa shape index (κ1) is 12.3. The van der Waals surface area contributed by atoms with Crippen LogP contribution in [0.25, 0.3) is 5.65 Å². The first-order valence-corrected chi connectivity index (χ1v) is 6.88. The SMILES string of the molecule is O=Cc1ccn2nc(CCN3CCCCC3)nc2c1. The summed E-state index contributed by atoms with van der Waals surface area (Å²) in [6.07, 6.45) is 7.47. The van der Waals surface area contributed by atoms with E-state index in [1.165, 1.54) is 32.4 Å². The topological polar surface area (TPSA) is 50.5 Å². The zero-order valence-corrected chi connectivity index (χ0v) is 11.0. The molecular formula is C14H18N4O. The van der Waals surface area contributed by atoms with Crippen molar-refractivity contribution in [3.8, 4) is 0 Å². The maximum Gasteiger partial charge on any atom is 0.156 e. The Morgan fingerprint density at radius 1 is 1.26 bits per heavy atom. The summed E-state index contributed by atoms with van der Waals surface area (Å²) in [4.78, 5) is 17.7. The van der Waals surface area contributed by atoms with E-state index in [-0.39, 0.29) is 0 Å². The molecule has 5 nitrogen and oxygen atoms in total. The molecule has 5 heteroatoms. The van der Waals surface area contributed by atoms with E-state index in [9.17, 15) is 4.79 Å². The zero-order chi connectivity index (χ0) is 13.1. The van der Waals surface area contributed by atoms with Crippen molar-refractivity contribution in [1.29, 1.82) is 0 Å². The van der Waals surface area contributed by atoms with Gasteiger partial charge in [0, 0.05) is 24.7 Å². The van der Waals surface area contributed by atoms with Crippen molar-refractivity contribution in [3.63, 3.8) is 0 Å². The van der Waals surface area contributed by atoms with Crippen LogP contribution in [0.3, 0.4) is 0 Å². The lowest BCUT2D eigenvalue weighted by Gasteiger charge is -2.25. The van der Waals surface area contributed by atoms with Crippen LogP contribution in [0.15, 0.2) is 18.3 Å². The molecule has 0 amide bonds. The van der Waals surface area contributed by atoms with Gasteiger partial charge in [-0.05, 0) is 38.1 Å². The molecular weight excluding hydrogens is 240 g/mol. The van der Waals surface area contributed by atoms with Gasteiger partial charge in [0.1, 0.15) is 6.29 Å². The Balaban J connectivity index is 1.68. The van der Waals surface area contributed by atoms with Gasteiger partial charge in [0.05, 0.1) is 0 Å². The van der Waals surface area contributed by atoms with Gasteiger partial charge in [-0.15, -0.1) is 0 Å². The van der Waals surface area contributed by atoms with Gasteiger partial charge in [0.2, 0.25) is 0 Å². The van der Waals surface area contributed by atoms with Crippen LogP contribution in [0.1, 0.15) is 35.4 Å². The third-order valence-electron chi connectivity index (χ3n) is 3.64. The second-order valence-electron chi connectivity index (χ2n) is 5.06. The number of pyridine rings is 1. The number of nitrogens with zero attached hydrogens (tertiary/aromatic N) is 4. The molecule has 0 aromatic carbocycles. The third kappa shape index (κ3) is 2.81. The van der Waals surface area contributed by atoms with E-state index in [4.69, 9.17) is 0 Å². The summed E-state index contributed by atoms with van der Waals surface area (Å²) < 4.78 is 1.73. The largest absolute Gasteiger partial charge is 0.303 e. The second kappa shape index (κ2) is 5.48. The molecule has 2 aromatic rings. The first-order chi connectivity index (χ1) is 9.35. The molecule has 0 unspecified atom stereocenters. The van der Waals surface area contributed by atoms with Crippen molar-refractivity contribution in [2.75, 3.05) is 19.6 Å². The minimum Gasteiger partial charge on any atom is -0.303 e. The van der Waals surface area contributed by atoms with E-state index in [0.29, 0.717) is 5.56 Å². The van der Waals surface area contributed by atoms with Gasteiger partial charge in [0.25, 0.3) is 0 Å². The van der Waals surface area contributed by atoms with Crippen LogP contribution in [0.2, 0.25) is 0 Å². The summed E-state index contributed by atoms with van der Waals surface area (Å²) >= 11 is 0. The predicted molar refractivity (Wildman–Crippen MR) is 72.4 cm³/mol. The number of carbonyl (C=O) groups is 1. The minimum absolute atomic E-state index is 0.641. The third-order valence-corrected chi connectivity index (χ3v) is 3.64. The van der Waals surface area contributed by atoms with Gasteiger partial charge in [-0.25, -0.2) is 9.50 Å². The summed E-state index contributed by atoms with van der Waals surface area (Å²) in [5, 5.41) is 4.44. The lowest BCUT2D eigenvalue weighted by Crippen LogP contribution is -2.31. The highest BCUT2D eigenvalue weighted by atomic mass is 16.1. The first-order valence-electron chi connectivity index (χ1n) is 6.88. The normalized spacial score (nSPS) is 16.8. The van der Waals surface area contributed by atoms with Crippen molar-refractivity contribution < 1.29 is 4.79 Å². The fourth-order valence-corrected chi connectivity index (χ4v) is 2.56. The molecule has 1 fully saturated rings. The summed E-state index contributed by atoms with van der Waals surface area (Å²) in [5.41, 5.74) is 1.39. The minimum atomic E-state index is 0.641. The maximum atomic E-state index is 10.7. The molecule has 19 heavy (non-hydrogen) atoms. The summed E-state index contributed by atoms with van der Waals surface area (Å²) in [6.45, 7) is 3.42. The molecule has 0 N–H and O–H groups in total. The van der Waals surface area contributed by atoms with Crippen LogP contribution in [0.5, 0.6) is 0 Å². The molecule has 1 aliphatic rings.